The SMILES string of the molecule is CP(C)(=O)Cn1ncc(-c2cnc3nnn(Cc4cc5ncccc5cc4F)c3n2)c1F. The van der Waals surface area contributed by atoms with Crippen LogP contribution in [-0.4, -0.2) is 53.1 Å². The van der Waals surface area contributed by atoms with Crippen LogP contribution in [0.15, 0.2) is 42.9 Å². The lowest BCUT2D eigenvalue weighted by atomic mass is 10.1. The van der Waals surface area contributed by atoms with E-state index in [1.165, 1.54) is 23.1 Å². The first-order chi connectivity index (χ1) is 15.3. The monoisotopic (exact) mass is 454 g/mol. The second-order valence-electron chi connectivity index (χ2n) is 7.85. The smallest absolute Gasteiger partial charge is 0.221 e. The number of benzene rings is 1. The zero-order valence-electron chi connectivity index (χ0n) is 17.1. The average molecular weight is 454 g/mol. The molecular weight excluding hydrogens is 437 g/mol. The third-order valence-electron chi connectivity index (χ3n) is 4.84. The third kappa shape index (κ3) is 3.75. The van der Waals surface area contributed by atoms with Crippen molar-refractivity contribution in [3.05, 3.63) is 60.2 Å². The fraction of sp³-hybridized carbons (Fsp3) is 0.200. The number of pyridine rings is 1. The first-order valence-corrected chi connectivity index (χ1v) is 12.4. The highest BCUT2D eigenvalue weighted by Gasteiger charge is 2.20. The van der Waals surface area contributed by atoms with Crippen LogP contribution in [0.1, 0.15) is 5.56 Å². The van der Waals surface area contributed by atoms with Gasteiger partial charge in [-0.2, -0.15) is 9.49 Å². The summed E-state index contributed by atoms with van der Waals surface area (Å²) in [4.78, 5) is 12.9. The van der Waals surface area contributed by atoms with Gasteiger partial charge in [0.25, 0.3) is 0 Å². The minimum Gasteiger partial charge on any atom is -0.322 e. The van der Waals surface area contributed by atoms with Gasteiger partial charge in [0.15, 0.2) is 5.65 Å². The van der Waals surface area contributed by atoms with E-state index in [-0.39, 0.29) is 35.4 Å². The van der Waals surface area contributed by atoms with E-state index in [1.54, 1.807) is 37.7 Å². The molecule has 0 radical (unpaired) electrons. The van der Waals surface area contributed by atoms with E-state index in [2.05, 4.69) is 30.4 Å². The molecule has 9 nitrogen and oxygen atoms in total. The van der Waals surface area contributed by atoms with Crippen LogP contribution in [0.5, 0.6) is 0 Å². The van der Waals surface area contributed by atoms with Crippen LogP contribution >= 0.6 is 7.14 Å². The van der Waals surface area contributed by atoms with Crippen molar-refractivity contribution in [2.75, 3.05) is 13.3 Å². The van der Waals surface area contributed by atoms with E-state index >= 15 is 0 Å². The first kappa shape index (κ1) is 20.3. The predicted molar refractivity (Wildman–Crippen MR) is 115 cm³/mol. The van der Waals surface area contributed by atoms with Gasteiger partial charge in [-0.05, 0) is 31.5 Å². The molecule has 0 saturated carbocycles. The van der Waals surface area contributed by atoms with Crippen LogP contribution in [0.2, 0.25) is 0 Å². The molecule has 0 unspecified atom stereocenters. The van der Waals surface area contributed by atoms with Gasteiger partial charge in [0.1, 0.15) is 13.0 Å². The normalized spacial score (nSPS) is 12.1. The maximum absolute atomic E-state index is 14.8. The van der Waals surface area contributed by atoms with Gasteiger partial charge in [0.05, 0.1) is 42.0 Å². The number of rotatable bonds is 5. The largest absolute Gasteiger partial charge is 0.322 e. The highest BCUT2D eigenvalue weighted by Crippen LogP contribution is 2.38. The Morgan fingerprint density at radius 2 is 1.94 bits per heavy atom. The van der Waals surface area contributed by atoms with Crippen LogP contribution in [-0.2, 0) is 17.4 Å². The first-order valence-electron chi connectivity index (χ1n) is 9.63. The molecule has 0 spiro atoms. The van der Waals surface area contributed by atoms with Crippen LogP contribution in [0.25, 0.3) is 33.5 Å². The fourth-order valence-corrected chi connectivity index (χ4v) is 4.22. The Morgan fingerprint density at radius 1 is 1.09 bits per heavy atom. The van der Waals surface area contributed by atoms with Crippen molar-refractivity contribution in [2.24, 2.45) is 0 Å². The van der Waals surface area contributed by atoms with Crippen molar-refractivity contribution in [3.8, 4) is 11.3 Å². The molecule has 32 heavy (non-hydrogen) atoms. The summed E-state index contributed by atoms with van der Waals surface area (Å²) in [6.07, 6.45) is 4.29. The minimum absolute atomic E-state index is 0.0245. The van der Waals surface area contributed by atoms with E-state index in [4.69, 9.17) is 0 Å². The molecule has 0 N–H and O–H groups in total. The molecular formula is C20H17F2N8OP. The maximum Gasteiger partial charge on any atom is 0.221 e. The molecule has 0 fully saturated rings. The predicted octanol–water partition coefficient (Wildman–Crippen LogP) is 3.54. The van der Waals surface area contributed by atoms with Crippen molar-refractivity contribution in [3.63, 3.8) is 0 Å². The minimum atomic E-state index is -2.53. The van der Waals surface area contributed by atoms with Crippen LogP contribution in [0.3, 0.4) is 0 Å². The molecule has 5 aromatic rings. The van der Waals surface area contributed by atoms with E-state index in [9.17, 15) is 13.3 Å². The van der Waals surface area contributed by atoms with Crippen molar-refractivity contribution < 1.29 is 13.3 Å². The van der Waals surface area contributed by atoms with Crippen molar-refractivity contribution in [1.82, 2.24) is 39.7 Å². The molecule has 0 aliphatic rings. The molecule has 0 aliphatic carbocycles. The number of hydrogen-bond donors (Lipinski definition) is 0. The fourth-order valence-electron chi connectivity index (χ4n) is 3.37. The molecule has 0 aliphatic heterocycles. The molecule has 0 amide bonds. The lowest BCUT2D eigenvalue weighted by Gasteiger charge is -2.07. The number of halogens is 2. The molecule has 1 aromatic carbocycles. The number of fused-ring (bicyclic) bond motifs is 2. The van der Waals surface area contributed by atoms with E-state index in [1.807, 2.05) is 0 Å². The quantitative estimate of drug-likeness (QED) is 0.374. The van der Waals surface area contributed by atoms with Gasteiger partial charge in [-0.1, -0.05) is 11.3 Å². The molecule has 0 bridgehead atoms. The highest BCUT2D eigenvalue weighted by molar-refractivity contribution is 7.61. The van der Waals surface area contributed by atoms with Crippen molar-refractivity contribution in [2.45, 2.75) is 12.8 Å². The Labute approximate surface area is 180 Å². The summed E-state index contributed by atoms with van der Waals surface area (Å²) in [5.74, 6) is -1.07. The zero-order chi connectivity index (χ0) is 22.5. The maximum atomic E-state index is 14.8. The van der Waals surface area contributed by atoms with E-state index in [0.717, 1.165) is 4.68 Å². The number of hydrogen-bond acceptors (Lipinski definition) is 7. The molecule has 5 rings (SSSR count). The summed E-state index contributed by atoms with van der Waals surface area (Å²) in [7, 11) is -2.53. The molecule has 0 saturated heterocycles. The molecule has 162 valence electrons. The van der Waals surface area contributed by atoms with Gasteiger partial charge in [0.2, 0.25) is 11.6 Å². The van der Waals surface area contributed by atoms with E-state index < -0.39 is 18.9 Å². The van der Waals surface area contributed by atoms with Crippen LogP contribution < -0.4 is 0 Å². The summed E-state index contributed by atoms with van der Waals surface area (Å²) in [6, 6.07) is 6.58. The Morgan fingerprint density at radius 3 is 2.75 bits per heavy atom. The van der Waals surface area contributed by atoms with Gasteiger partial charge in [0, 0.05) is 17.1 Å². The van der Waals surface area contributed by atoms with Gasteiger partial charge in [-0.15, -0.1) is 5.10 Å². The van der Waals surface area contributed by atoms with Gasteiger partial charge in [-0.25, -0.2) is 23.7 Å². The van der Waals surface area contributed by atoms with Crippen LogP contribution in [0, 0.1) is 11.8 Å². The summed E-state index contributed by atoms with van der Waals surface area (Å²) >= 11 is 0. The van der Waals surface area contributed by atoms with Crippen molar-refractivity contribution >= 4 is 29.3 Å². The summed E-state index contributed by atoms with van der Waals surface area (Å²) in [5, 5.41) is 12.7. The van der Waals surface area contributed by atoms with Gasteiger partial charge in [-0.3, -0.25) is 4.98 Å². The second kappa shape index (κ2) is 7.52. The molecule has 0 atom stereocenters. The van der Waals surface area contributed by atoms with Gasteiger partial charge < -0.3 is 4.57 Å². The topological polar surface area (TPSA) is 104 Å². The standard InChI is InChI=1S/C20H17F2N8OP/c1-32(2,31)11-30-18(22)14(8-25-30)17-9-24-19-20(26-17)29(28-27-19)10-13-7-16-12(6-15(13)21)4-3-5-23-16/h3-9H,10-11H2,1-2H3. The Kier molecular flexibility index (Phi) is 4.78. The highest BCUT2D eigenvalue weighted by atomic mass is 31.2. The summed E-state index contributed by atoms with van der Waals surface area (Å²) in [6.45, 7) is 3.17. The Balaban J connectivity index is 1.53. The lowest BCUT2D eigenvalue weighted by molar-refractivity contribution is 0.488. The third-order valence-corrected chi connectivity index (χ3v) is 5.79. The lowest BCUT2D eigenvalue weighted by Crippen LogP contribution is -2.06. The van der Waals surface area contributed by atoms with Crippen LogP contribution in [0.4, 0.5) is 8.78 Å². The van der Waals surface area contributed by atoms with Gasteiger partial charge >= 0.3 is 0 Å². The van der Waals surface area contributed by atoms with Crippen molar-refractivity contribution in [1.29, 1.82) is 0 Å². The number of aromatic nitrogens is 8. The molecule has 12 heteroatoms. The molecule has 4 aromatic heterocycles. The zero-order valence-corrected chi connectivity index (χ0v) is 18.0. The summed E-state index contributed by atoms with van der Waals surface area (Å²) < 4.78 is 44.0. The second-order valence-corrected chi connectivity index (χ2v) is 11.3. The Bertz CT molecular complexity index is 1520. The number of nitrogens with zero attached hydrogens (tertiary/aromatic N) is 8. The summed E-state index contributed by atoms with van der Waals surface area (Å²) in [5.41, 5.74) is 1.85. The Hall–Kier alpha value is -3.59. The average Bonchev–Trinajstić information content (AvgIpc) is 3.30. The van der Waals surface area contributed by atoms with E-state index in [0.29, 0.717) is 16.5 Å². The molecule has 4 heterocycles.